The van der Waals surface area contributed by atoms with Crippen LogP contribution in [0.1, 0.15) is 30.9 Å². The summed E-state index contributed by atoms with van der Waals surface area (Å²) in [6.45, 7) is 0.684. The first-order valence-electron chi connectivity index (χ1n) is 7.35. The van der Waals surface area contributed by atoms with Crippen LogP contribution in [0, 0.1) is 17.7 Å². The summed E-state index contributed by atoms with van der Waals surface area (Å²) in [6.07, 6.45) is 2.52. The van der Waals surface area contributed by atoms with E-state index in [1.54, 1.807) is 24.1 Å². The van der Waals surface area contributed by atoms with Crippen LogP contribution in [0.15, 0.2) is 24.3 Å². The Kier molecular flexibility index (Phi) is 3.66. The molecule has 4 nitrogen and oxygen atoms in total. The molecule has 1 aromatic rings. The maximum Gasteiger partial charge on any atom is 0.226 e. The lowest BCUT2D eigenvalue weighted by Crippen LogP contribution is -2.35. The van der Waals surface area contributed by atoms with E-state index >= 15 is 0 Å². The fourth-order valence-corrected chi connectivity index (χ4v) is 2.95. The van der Waals surface area contributed by atoms with E-state index in [0.717, 1.165) is 12.8 Å². The molecular weight excluding hydrogens is 271 g/mol. The van der Waals surface area contributed by atoms with Crippen LogP contribution in [-0.4, -0.2) is 30.3 Å². The zero-order chi connectivity index (χ0) is 15.0. The molecule has 1 N–H and O–H groups in total. The van der Waals surface area contributed by atoms with Crippen molar-refractivity contribution in [2.75, 3.05) is 13.6 Å². The van der Waals surface area contributed by atoms with E-state index in [-0.39, 0.29) is 30.1 Å². The Labute approximate surface area is 123 Å². The van der Waals surface area contributed by atoms with Crippen LogP contribution >= 0.6 is 0 Å². The molecule has 0 aromatic heterocycles. The normalized spacial score (nSPS) is 25.2. The van der Waals surface area contributed by atoms with Crippen molar-refractivity contribution in [2.24, 2.45) is 11.8 Å². The Bertz CT molecular complexity index is 571. The molecule has 0 spiro atoms. The fraction of sp³-hybridized carbons (Fsp3) is 0.500. The Hall–Kier alpha value is -1.91. The van der Waals surface area contributed by atoms with Gasteiger partial charge in [0.05, 0.1) is 12.0 Å². The van der Waals surface area contributed by atoms with E-state index < -0.39 is 5.92 Å². The number of hydrogen-bond acceptors (Lipinski definition) is 2. The van der Waals surface area contributed by atoms with Gasteiger partial charge in [-0.1, -0.05) is 12.1 Å². The maximum atomic E-state index is 13.4. The first kappa shape index (κ1) is 14.0. The van der Waals surface area contributed by atoms with E-state index in [4.69, 9.17) is 0 Å². The second kappa shape index (κ2) is 5.47. The third-order valence-electron chi connectivity index (χ3n) is 4.38. The van der Waals surface area contributed by atoms with Crippen molar-refractivity contribution < 1.29 is 14.0 Å². The lowest BCUT2D eigenvalue weighted by molar-refractivity contribution is -0.128. The highest BCUT2D eigenvalue weighted by molar-refractivity contribution is 5.90. The van der Waals surface area contributed by atoms with Gasteiger partial charge in [-0.05, 0) is 36.5 Å². The van der Waals surface area contributed by atoms with Crippen LogP contribution < -0.4 is 5.32 Å². The Morgan fingerprint density at radius 1 is 1.43 bits per heavy atom. The van der Waals surface area contributed by atoms with E-state index in [0.29, 0.717) is 18.0 Å². The summed E-state index contributed by atoms with van der Waals surface area (Å²) in [5.74, 6) is -0.374. The monoisotopic (exact) mass is 290 g/mol. The lowest BCUT2D eigenvalue weighted by atomic mass is 9.93. The van der Waals surface area contributed by atoms with Gasteiger partial charge >= 0.3 is 0 Å². The van der Waals surface area contributed by atoms with Gasteiger partial charge in [0.2, 0.25) is 11.8 Å². The molecule has 1 aromatic carbocycles. The van der Waals surface area contributed by atoms with Gasteiger partial charge in [-0.2, -0.15) is 0 Å². The molecule has 21 heavy (non-hydrogen) atoms. The van der Waals surface area contributed by atoms with Gasteiger partial charge < -0.3 is 10.2 Å². The van der Waals surface area contributed by atoms with Crippen LogP contribution in [0.5, 0.6) is 0 Å². The number of amides is 2. The highest BCUT2D eigenvalue weighted by Gasteiger charge is 2.42. The number of halogens is 1. The lowest BCUT2D eigenvalue weighted by Gasteiger charge is -2.25. The second-order valence-corrected chi connectivity index (χ2v) is 6.00. The third kappa shape index (κ3) is 2.91. The molecule has 112 valence electrons. The van der Waals surface area contributed by atoms with Crippen LogP contribution in [0.3, 0.4) is 0 Å². The fourth-order valence-electron chi connectivity index (χ4n) is 2.95. The van der Waals surface area contributed by atoms with Crippen LogP contribution in [0.2, 0.25) is 0 Å². The number of likely N-dealkylation sites (tertiary alicyclic amines) is 1. The minimum atomic E-state index is -0.442. The van der Waals surface area contributed by atoms with E-state index in [9.17, 15) is 14.0 Å². The smallest absolute Gasteiger partial charge is 0.226 e. The molecule has 2 unspecified atom stereocenters. The Morgan fingerprint density at radius 2 is 2.19 bits per heavy atom. The largest absolute Gasteiger partial charge is 0.355 e. The third-order valence-corrected chi connectivity index (χ3v) is 4.38. The number of rotatable bonds is 4. The summed E-state index contributed by atoms with van der Waals surface area (Å²) in [6, 6.07) is 5.76. The van der Waals surface area contributed by atoms with Crippen LogP contribution in [0.4, 0.5) is 4.39 Å². The Balaban J connectivity index is 1.79. The molecule has 1 saturated carbocycles. The molecule has 1 heterocycles. The number of hydrogen-bond donors (Lipinski definition) is 1. The average molecular weight is 290 g/mol. The number of nitrogens with zero attached hydrogens (tertiary/aromatic N) is 1. The molecule has 2 fully saturated rings. The minimum Gasteiger partial charge on any atom is -0.355 e. The first-order valence-corrected chi connectivity index (χ1v) is 7.35. The van der Waals surface area contributed by atoms with Crippen molar-refractivity contribution >= 4 is 11.8 Å². The van der Waals surface area contributed by atoms with E-state index in [1.165, 1.54) is 12.1 Å². The van der Waals surface area contributed by atoms with Crippen molar-refractivity contribution in [1.82, 2.24) is 10.2 Å². The number of carbonyl (C=O) groups excluding carboxylic acids is 2. The maximum absolute atomic E-state index is 13.4. The molecule has 0 radical (unpaired) electrons. The zero-order valence-corrected chi connectivity index (χ0v) is 12.0. The van der Waals surface area contributed by atoms with E-state index in [2.05, 4.69) is 5.32 Å². The zero-order valence-electron chi connectivity index (χ0n) is 12.0. The van der Waals surface area contributed by atoms with Gasteiger partial charge in [-0.3, -0.25) is 9.59 Å². The van der Waals surface area contributed by atoms with Gasteiger partial charge in [0.1, 0.15) is 5.82 Å². The van der Waals surface area contributed by atoms with Gasteiger partial charge in [-0.15, -0.1) is 0 Å². The predicted octanol–water partition coefficient (Wildman–Crippen LogP) is 1.87. The van der Waals surface area contributed by atoms with Crippen LogP contribution in [-0.2, 0) is 9.59 Å². The summed E-state index contributed by atoms with van der Waals surface area (Å²) in [5, 5.41) is 2.93. The standard InChI is InChI=1S/C16H19FN2O2/c1-19-14(20)8-13(16(21)18-9-10-5-6-10)15(19)11-3-2-4-12(17)7-11/h2-4,7,10,13,15H,5-6,8-9H2,1H3,(H,18,21). The van der Waals surface area contributed by atoms with Gasteiger partial charge in [0, 0.05) is 20.0 Å². The predicted molar refractivity (Wildman–Crippen MR) is 75.8 cm³/mol. The molecule has 1 saturated heterocycles. The van der Waals surface area contributed by atoms with E-state index in [1.807, 2.05) is 0 Å². The van der Waals surface area contributed by atoms with Crippen LogP contribution in [0.25, 0.3) is 0 Å². The van der Waals surface area contributed by atoms with Crippen molar-refractivity contribution in [3.8, 4) is 0 Å². The molecular formula is C16H19FN2O2. The number of nitrogens with one attached hydrogen (secondary N) is 1. The molecule has 2 atom stereocenters. The van der Waals surface area contributed by atoms with Gasteiger partial charge in [0.25, 0.3) is 0 Å². The van der Waals surface area contributed by atoms with Crippen molar-refractivity contribution in [1.29, 1.82) is 0 Å². The first-order chi connectivity index (χ1) is 10.1. The minimum absolute atomic E-state index is 0.0733. The topological polar surface area (TPSA) is 49.4 Å². The summed E-state index contributed by atoms with van der Waals surface area (Å²) >= 11 is 0. The van der Waals surface area contributed by atoms with Crippen molar-refractivity contribution in [3.63, 3.8) is 0 Å². The molecule has 1 aliphatic carbocycles. The van der Waals surface area contributed by atoms with Crippen molar-refractivity contribution in [3.05, 3.63) is 35.6 Å². The molecule has 0 bridgehead atoms. The number of benzene rings is 1. The summed E-state index contributed by atoms with van der Waals surface area (Å²) in [4.78, 5) is 25.9. The molecule has 2 aliphatic rings. The molecule has 3 rings (SSSR count). The summed E-state index contributed by atoms with van der Waals surface area (Å²) in [5.41, 5.74) is 0.676. The Morgan fingerprint density at radius 3 is 2.86 bits per heavy atom. The van der Waals surface area contributed by atoms with Gasteiger partial charge in [-0.25, -0.2) is 4.39 Å². The van der Waals surface area contributed by atoms with Gasteiger partial charge in [0.15, 0.2) is 0 Å². The summed E-state index contributed by atoms with van der Waals surface area (Å²) < 4.78 is 13.4. The molecule has 2 amide bonds. The van der Waals surface area contributed by atoms with Crippen molar-refractivity contribution in [2.45, 2.75) is 25.3 Å². The second-order valence-electron chi connectivity index (χ2n) is 6.00. The number of carbonyl (C=O) groups is 2. The highest BCUT2D eigenvalue weighted by atomic mass is 19.1. The molecule has 1 aliphatic heterocycles. The highest BCUT2D eigenvalue weighted by Crippen LogP contribution is 2.37. The SMILES string of the molecule is CN1C(=O)CC(C(=O)NCC2CC2)C1c1cccc(F)c1. The summed E-state index contributed by atoms with van der Waals surface area (Å²) in [7, 11) is 1.67. The molecule has 5 heteroatoms. The quantitative estimate of drug-likeness (QED) is 0.920. The average Bonchev–Trinajstić information content (AvgIpc) is 3.23.